The van der Waals surface area contributed by atoms with Gasteiger partial charge in [-0.1, -0.05) is 12.1 Å². The van der Waals surface area contributed by atoms with Crippen LogP contribution in [0, 0.1) is 11.5 Å². The van der Waals surface area contributed by atoms with Crippen molar-refractivity contribution in [1.82, 2.24) is 14.5 Å². The van der Waals surface area contributed by atoms with Crippen molar-refractivity contribution in [3.8, 4) is 12.0 Å². The molecule has 2 heterocycles. The zero-order valence-electron chi connectivity index (χ0n) is 33.1. The summed E-state index contributed by atoms with van der Waals surface area (Å²) in [4.78, 5) is 16.3. The van der Waals surface area contributed by atoms with E-state index < -0.39 is 47.8 Å². The number of hydrogen-bond acceptors (Lipinski definition) is 11. The number of aliphatic hydroxyl groups is 2. The maximum absolute atomic E-state index is 12.5. The number of nitrogens with one attached hydrogen (secondary N) is 2. The van der Waals surface area contributed by atoms with Crippen LogP contribution in [-0.4, -0.2) is 104 Å². The molecule has 2 saturated heterocycles. The monoisotopic (exact) mass is 814 g/mol. The zero-order valence-corrected chi connectivity index (χ0v) is 34.7. The number of carbonyl (C=O) groups excluding carboxylic acids is 1. The number of nitriles is 1. The third kappa shape index (κ3) is 10.2. The summed E-state index contributed by atoms with van der Waals surface area (Å²) in [6.45, 7) is 9.17. The van der Waals surface area contributed by atoms with Gasteiger partial charge in [-0.3, -0.25) is 9.80 Å². The van der Waals surface area contributed by atoms with E-state index >= 15 is 0 Å². The molecular formula is C40H58N6O8S2. The predicted molar refractivity (Wildman–Crippen MR) is 214 cm³/mol. The Hall–Kier alpha value is -3.30. The summed E-state index contributed by atoms with van der Waals surface area (Å²) in [6, 6.07) is 3.95. The second kappa shape index (κ2) is 16.5. The van der Waals surface area contributed by atoms with Gasteiger partial charge < -0.3 is 20.3 Å². The summed E-state index contributed by atoms with van der Waals surface area (Å²) in [7, 11) is -7.12. The van der Waals surface area contributed by atoms with E-state index in [1.807, 2.05) is 16.1 Å². The van der Waals surface area contributed by atoms with Gasteiger partial charge in [-0.2, -0.15) is 0 Å². The van der Waals surface area contributed by atoms with Gasteiger partial charge in [0.25, 0.3) is 6.26 Å². The fourth-order valence-electron chi connectivity index (χ4n) is 9.05. The average Bonchev–Trinajstić information content (AvgIpc) is 3.86. The van der Waals surface area contributed by atoms with E-state index in [9.17, 15) is 31.8 Å². The van der Waals surface area contributed by atoms with Gasteiger partial charge >= 0.3 is 6.03 Å². The van der Waals surface area contributed by atoms with Crippen molar-refractivity contribution in [2.75, 3.05) is 44.6 Å². The summed E-state index contributed by atoms with van der Waals surface area (Å²) in [5.41, 5.74) is 9.57. The lowest BCUT2D eigenvalue weighted by molar-refractivity contribution is 0.0164. The maximum atomic E-state index is 12.5. The van der Waals surface area contributed by atoms with Crippen molar-refractivity contribution in [3.05, 3.63) is 56.6 Å². The van der Waals surface area contributed by atoms with Crippen LogP contribution in [0.1, 0.15) is 97.9 Å². The second-order valence-corrected chi connectivity index (χ2v) is 21.4. The number of amides is 2. The number of rotatable bonds is 9. The number of urea groups is 1. The number of carbonyl (C=O) groups is 1. The van der Waals surface area contributed by atoms with Crippen LogP contribution in [0.3, 0.4) is 0 Å². The number of fused-ring (bicyclic) bond motifs is 4. The lowest BCUT2D eigenvalue weighted by atomic mass is 9.99. The molecule has 2 aromatic carbocycles. The lowest BCUT2D eigenvalue weighted by Gasteiger charge is -2.41. The summed E-state index contributed by atoms with van der Waals surface area (Å²) in [6.07, 6.45) is 14.8. The minimum Gasteiger partial charge on any atom is -0.389 e. The van der Waals surface area contributed by atoms with Crippen molar-refractivity contribution >= 4 is 31.8 Å². The molecule has 6 N–H and O–H groups in total. The number of sulfonamides is 2. The molecule has 2 aromatic rings. The Bertz CT molecular complexity index is 2010. The van der Waals surface area contributed by atoms with E-state index in [1.165, 1.54) is 57.3 Å². The molecule has 2 aliphatic heterocycles. The highest BCUT2D eigenvalue weighted by atomic mass is 32.2. The smallest absolute Gasteiger partial charge is 0.332 e. The van der Waals surface area contributed by atoms with Gasteiger partial charge in [-0.15, -0.1) is 5.26 Å². The van der Waals surface area contributed by atoms with Crippen LogP contribution in [0.25, 0.3) is 0 Å². The number of hydrogen-bond donors (Lipinski definition) is 5. The Morgan fingerprint density at radius 2 is 1.14 bits per heavy atom. The number of aryl methyl sites for hydroxylation is 4. The summed E-state index contributed by atoms with van der Waals surface area (Å²) >= 11 is 0. The Morgan fingerprint density at radius 3 is 1.54 bits per heavy atom. The number of nitrogens with two attached hydrogens (primary N) is 1. The summed E-state index contributed by atoms with van der Waals surface area (Å²) < 4.78 is 54.1. The van der Waals surface area contributed by atoms with Crippen molar-refractivity contribution in [2.45, 2.75) is 126 Å². The molecule has 0 radical (unpaired) electrons. The average molecular weight is 815 g/mol. The normalized spacial score (nSPS) is 19.5. The van der Waals surface area contributed by atoms with E-state index in [0.29, 0.717) is 39.3 Å². The molecular weight excluding hydrogens is 757 g/mol. The van der Waals surface area contributed by atoms with Gasteiger partial charge in [0, 0.05) is 45.0 Å². The standard InChI is InChI=1S/C20H29N3O4S.C13H13NO.C7H16N2O3S/c1-20(2,25)12-23-10-15(11-23)28(26,27)22-19(24)21-18-16-7-3-5-13(16)9-14-6-4-8-17(14)18;14-8-15-13-11-5-1-3-9(11)7-10-4-2-6-12(10)13;1-7(2,10)5-9-3-6(4-9)13(8,11)12/h9,15,25H,3-8,10-12H2,1-2H3,(H2,21,22,24);7H,1-6H2;6,10H,3-5H2,1-2H3,(H2,8,11,12). The highest BCUT2D eigenvalue weighted by molar-refractivity contribution is 7.90. The molecule has 0 spiro atoms. The van der Waals surface area contributed by atoms with Crippen LogP contribution in [0.15, 0.2) is 12.1 Å². The fraction of sp³-hybridized carbons (Fsp3) is 0.650. The molecule has 0 bridgehead atoms. The van der Waals surface area contributed by atoms with Crippen molar-refractivity contribution in [2.24, 2.45) is 5.14 Å². The minimum atomic E-state index is -3.74. The Balaban J connectivity index is 0.000000159. The number of ether oxygens (including phenoxy) is 1. The van der Waals surface area contributed by atoms with Gasteiger partial charge in [0.15, 0.2) is 0 Å². The number of anilines is 1. The number of benzene rings is 2. The second-order valence-electron chi connectivity index (χ2n) is 17.6. The highest BCUT2D eigenvalue weighted by Crippen LogP contribution is 2.40. The summed E-state index contributed by atoms with van der Waals surface area (Å²) in [5.74, 6) is 0.903. The van der Waals surface area contributed by atoms with Crippen molar-refractivity contribution < 1.29 is 36.6 Å². The van der Waals surface area contributed by atoms with Crippen LogP contribution in [-0.2, 0) is 71.4 Å². The summed E-state index contributed by atoms with van der Waals surface area (Å²) in [5, 5.41) is 34.7. The van der Waals surface area contributed by atoms with E-state index in [4.69, 9.17) is 15.1 Å². The first-order valence-electron chi connectivity index (χ1n) is 19.8. The molecule has 308 valence electrons. The van der Waals surface area contributed by atoms with E-state index in [0.717, 1.165) is 75.6 Å². The molecule has 0 saturated carbocycles. The molecule has 6 aliphatic rings. The molecule has 56 heavy (non-hydrogen) atoms. The highest BCUT2D eigenvalue weighted by Gasteiger charge is 2.40. The Labute approximate surface area is 331 Å². The molecule has 0 atom stereocenters. The molecule has 0 aromatic heterocycles. The fourth-order valence-corrected chi connectivity index (χ4v) is 11.2. The van der Waals surface area contributed by atoms with Crippen molar-refractivity contribution in [1.29, 1.82) is 5.26 Å². The van der Waals surface area contributed by atoms with Crippen LogP contribution < -0.4 is 19.9 Å². The maximum Gasteiger partial charge on any atom is 0.332 e. The third-order valence-electron chi connectivity index (χ3n) is 11.5. The SMILES string of the molecule is CC(C)(O)CN1CC(S(=O)(=O)NC(=O)Nc2c3c(cc4c2CCC4)CCC3)C1.CC(C)(O)CN1CC(S(N)(=O)=O)C1.N#COc1c2c(cc3c1CCC3)CCC2. The van der Waals surface area contributed by atoms with Crippen LogP contribution in [0.5, 0.6) is 5.75 Å². The lowest BCUT2D eigenvalue weighted by Crippen LogP contribution is -2.60. The molecule has 14 nitrogen and oxygen atoms in total. The number of nitrogens with zero attached hydrogens (tertiary/aromatic N) is 3. The first kappa shape index (κ1) is 42.3. The van der Waals surface area contributed by atoms with E-state index in [-0.39, 0.29) is 0 Å². The minimum absolute atomic E-state index is 0.322. The largest absolute Gasteiger partial charge is 0.389 e. The third-order valence-corrected chi connectivity index (χ3v) is 14.4. The first-order valence-corrected chi connectivity index (χ1v) is 23.0. The molecule has 16 heteroatoms. The molecule has 2 amide bonds. The van der Waals surface area contributed by atoms with E-state index in [2.05, 4.69) is 22.2 Å². The molecule has 2 fully saturated rings. The van der Waals surface area contributed by atoms with Crippen LogP contribution in [0.4, 0.5) is 10.5 Å². The number of primary sulfonamides is 1. The number of likely N-dealkylation sites (tertiary alicyclic amines) is 2. The molecule has 8 rings (SSSR count). The number of β-amino-alcohol motifs (C(OH)–C–C–N with tert-alkyl or cyclic N) is 2. The topological polar surface area (TPSA) is 215 Å². The van der Waals surface area contributed by atoms with Gasteiger partial charge in [-0.25, -0.2) is 31.5 Å². The molecule has 0 unspecified atom stereocenters. The van der Waals surface area contributed by atoms with Crippen molar-refractivity contribution in [3.63, 3.8) is 0 Å². The Kier molecular flexibility index (Phi) is 12.5. The molecule has 4 aliphatic carbocycles. The van der Waals surface area contributed by atoms with Gasteiger partial charge in [-0.05, 0) is 149 Å². The first-order chi connectivity index (χ1) is 26.2. The van der Waals surface area contributed by atoms with Crippen LogP contribution in [0.2, 0.25) is 0 Å². The van der Waals surface area contributed by atoms with E-state index in [1.54, 1.807) is 27.7 Å². The van der Waals surface area contributed by atoms with Gasteiger partial charge in [0.1, 0.15) is 16.2 Å². The Morgan fingerprint density at radius 1 is 0.750 bits per heavy atom. The van der Waals surface area contributed by atoms with Gasteiger partial charge in [0.05, 0.1) is 11.2 Å². The van der Waals surface area contributed by atoms with Gasteiger partial charge in [0.2, 0.25) is 20.0 Å². The zero-order chi connectivity index (χ0) is 40.6. The van der Waals surface area contributed by atoms with Crippen LogP contribution >= 0.6 is 0 Å². The quantitative estimate of drug-likeness (QED) is 0.232. The predicted octanol–water partition coefficient (Wildman–Crippen LogP) is 2.82.